The van der Waals surface area contributed by atoms with E-state index in [-0.39, 0.29) is 16.3 Å². The Hall–Kier alpha value is -2.96. The van der Waals surface area contributed by atoms with Crippen LogP contribution in [0.5, 0.6) is 5.75 Å². The summed E-state index contributed by atoms with van der Waals surface area (Å²) in [6.07, 6.45) is 2.08. The number of fused-ring (bicyclic) bond motifs is 2. The van der Waals surface area contributed by atoms with E-state index in [1.54, 1.807) is 11.3 Å². The number of amides is 4. The molecule has 4 rings (SSSR count). The van der Waals surface area contributed by atoms with Crippen molar-refractivity contribution in [3.63, 3.8) is 0 Å². The number of thiophene rings is 1. The zero-order chi connectivity index (χ0) is 24.0. The van der Waals surface area contributed by atoms with Gasteiger partial charge in [0.15, 0.2) is 0 Å². The lowest BCUT2D eigenvalue weighted by molar-refractivity contribution is -0.134. The maximum Gasteiger partial charge on any atom is 0.325 e. The van der Waals surface area contributed by atoms with E-state index < -0.39 is 40.0 Å². The molecule has 1 aliphatic heterocycles. The van der Waals surface area contributed by atoms with Crippen LogP contribution < -0.4 is 15.4 Å². The number of aryl methyl sites for hydroxylation is 1. The maximum absolute atomic E-state index is 13.3. The number of carbonyl (C=O) groups is 3. The third-order valence-electron chi connectivity index (χ3n) is 5.86. The van der Waals surface area contributed by atoms with Crippen molar-refractivity contribution in [1.82, 2.24) is 14.5 Å². The number of hydrogen-bond acceptors (Lipinski definition) is 7. The summed E-state index contributed by atoms with van der Waals surface area (Å²) in [7, 11) is 0.436. The first-order valence-corrected chi connectivity index (χ1v) is 12.5. The van der Waals surface area contributed by atoms with Gasteiger partial charge in [-0.05, 0) is 48.9 Å². The predicted molar refractivity (Wildman–Crippen MR) is 122 cm³/mol. The number of anilines is 1. The normalized spacial score (nSPS) is 20.2. The molecule has 0 radical (unpaired) electrons. The fraction of sp³-hybridized carbons (Fsp3) is 0.381. The van der Waals surface area contributed by atoms with Crippen molar-refractivity contribution in [2.45, 2.75) is 29.7 Å². The van der Waals surface area contributed by atoms with Crippen LogP contribution in [0.1, 0.15) is 23.3 Å². The lowest BCUT2D eigenvalue weighted by atomic mass is 9.80. The van der Waals surface area contributed by atoms with E-state index in [2.05, 4.69) is 10.6 Å². The molecule has 1 saturated heterocycles. The molecule has 0 saturated carbocycles. The van der Waals surface area contributed by atoms with E-state index >= 15 is 0 Å². The minimum absolute atomic E-state index is 0.0373. The highest BCUT2D eigenvalue weighted by Crippen LogP contribution is 2.42. The van der Waals surface area contributed by atoms with Gasteiger partial charge in [0.05, 0.1) is 17.7 Å². The van der Waals surface area contributed by atoms with Crippen molar-refractivity contribution in [3.05, 3.63) is 40.1 Å². The van der Waals surface area contributed by atoms with Crippen LogP contribution in [0.2, 0.25) is 0 Å². The highest BCUT2D eigenvalue weighted by Gasteiger charge is 2.54. The summed E-state index contributed by atoms with van der Waals surface area (Å²) in [6, 6.07) is 5.28. The number of rotatable bonds is 6. The topological polar surface area (TPSA) is 125 Å². The number of urea groups is 1. The molecule has 1 spiro atoms. The first-order valence-electron chi connectivity index (χ1n) is 10.2. The summed E-state index contributed by atoms with van der Waals surface area (Å²) in [6.45, 7) is -0.514. The molecule has 2 aromatic rings. The van der Waals surface area contributed by atoms with Crippen molar-refractivity contribution in [1.29, 1.82) is 0 Å². The Labute approximate surface area is 195 Å². The molecule has 0 bridgehead atoms. The molecule has 4 amide bonds. The van der Waals surface area contributed by atoms with Gasteiger partial charge in [-0.15, -0.1) is 11.3 Å². The number of nitrogens with one attached hydrogen (secondary N) is 2. The molecule has 2 N–H and O–H groups in total. The van der Waals surface area contributed by atoms with Crippen LogP contribution in [-0.2, 0) is 31.6 Å². The van der Waals surface area contributed by atoms with Gasteiger partial charge in [0.25, 0.3) is 5.91 Å². The monoisotopic (exact) mass is 492 g/mol. The minimum Gasteiger partial charge on any atom is -0.495 e. The van der Waals surface area contributed by atoms with Crippen LogP contribution in [0.3, 0.4) is 0 Å². The van der Waals surface area contributed by atoms with Crippen LogP contribution in [0.15, 0.2) is 34.5 Å². The Bertz CT molecular complexity index is 1240. The number of nitrogens with zero attached hydrogens (tertiary/aromatic N) is 2. The zero-order valence-corrected chi connectivity index (χ0v) is 20.0. The van der Waals surface area contributed by atoms with E-state index in [1.807, 2.05) is 11.4 Å². The predicted octanol–water partition coefficient (Wildman–Crippen LogP) is 1.73. The lowest BCUT2D eigenvalue weighted by Crippen LogP contribution is -2.46. The van der Waals surface area contributed by atoms with Gasteiger partial charge in [0, 0.05) is 24.5 Å². The third-order valence-corrected chi connectivity index (χ3v) is 8.65. The zero-order valence-electron chi connectivity index (χ0n) is 18.4. The fourth-order valence-electron chi connectivity index (χ4n) is 4.17. The van der Waals surface area contributed by atoms with E-state index in [4.69, 9.17) is 4.74 Å². The van der Waals surface area contributed by atoms with Crippen LogP contribution in [0, 0.1) is 0 Å². The van der Waals surface area contributed by atoms with Gasteiger partial charge in [0.1, 0.15) is 17.8 Å². The summed E-state index contributed by atoms with van der Waals surface area (Å²) < 4.78 is 31.2. The Morgan fingerprint density at radius 3 is 2.76 bits per heavy atom. The van der Waals surface area contributed by atoms with Gasteiger partial charge in [-0.3, -0.25) is 14.5 Å². The summed E-state index contributed by atoms with van der Waals surface area (Å²) in [5.74, 6) is -0.877. The average molecular weight is 493 g/mol. The molecule has 1 fully saturated rings. The van der Waals surface area contributed by atoms with Gasteiger partial charge in [-0.25, -0.2) is 17.5 Å². The maximum atomic E-state index is 13.3. The Kier molecular flexibility index (Phi) is 5.93. The summed E-state index contributed by atoms with van der Waals surface area (Å²) >= 11 is 1.55. The summed E-state index contributed by atoms with van der Waals surface area (Å²) in [5, 5.41) is 7.26. The molecule has 10 nitrogen and oxygen atoms in total. The van der Waals surface area contributed by atoms with Gasteiger partial charge in [-0.1, -0.05) is 0 Å². The smallest absolute Gasteiger partial charge is 0.325 e. The quantitative estimate of drug-likeness (QED) is 0.592. The summed E-state index contributed by atoms with van der Waals surface area (Å²) in [4.78, 5) is 40.7. The number of imide groups is 1. The summed E-state index contributed by atoms with van der Waals surface area (Å²) in [5.41, 5.74) is -0.226. The highest BCUT2D eigenvalue weighted by atomic mass is 32.2. The van der Waals surface area contributed by atoms with Gasteiger partial charge in [-0.2, -0.15) is 0 Å². The fourth-order valence-corrected chi connectivity index (χ4v) is 6.10. The van der Waals surface area contributed by atoms with Crippen LogP contribution >= 0.6 is 11.3 Å². The van der Waals surface area contributed by atoms with Crippen LogP contribution in [0.4, 0.5) is 10.5 Å². The second-order valence-corrected chi connectivity index (χ2v) is 11.2. The van der Waals surface area contributed by atoms with Crippen molar-refractivity contribution >= 4 is 44.9 Å². The molecule has 1 aromatic carbocycles. The Morgan fingerprint density at radius 2 is 2.06 bits per heavy atom. The van der Waals surface area contributed by atoms with Crippen molar-refractivity contribution in [2.75, 3.05) is 33.1 Å². The van der Waals surface area contributed by atoms with E-state index in [1.165, 1.54) is 39.4 Å². The highest BCUT2D eigenvalue weighted by molar-refractivity contribution is 7.89. The standard InChI is InChI=1S/C21H24N4O6S2/c1-24(2)33(29,30)13-6-7-16(31-3)15(11-13)22-18(26)12-25-19(27)21(23-20(25)28)9-4-5-17-14(21)8-10-32-17/h6-8,10-11H,4-5,9,12H2,1-3H3,(H,22,26)(H,23,28)/t21-/m0/s1. The number of carbonyl (C=O) groups excluding carboxylic acids is 3. The van der Waals surface area contributed by atoms with Gasteiger partial charge in [0.2, 0.25) is 15.9 Å². The molecule has 176 valence electrons. The largest absolute Gasteiger partial charge is 0.495 e. The van der Waals surface area contributed by atoms with Gasteiger partial charge < -0.3 is 15.4 Å². The molecule has 1 atom stereocenters. The first kappa shape index (κ1) is 23.2. The molecule has 1 aliphatic carbocycles. The van der Waals surface area contributed by atoms with E-state index in [9.17, 15) is 22.8 Å². The molecule has 1 aromatic heterocycles. The van der Waals surface area contributed by atoms with Crippen LogP contribution in [0.25, 0.3) is 0 Å². The van der Waals surface area contributed by atoms with Crippen molar-refractivity contribution in [2.24, 2.45) is 0 Å². The van der Waals surface area contributed by atoms with Crippen molar-refractivity contribution < 1.29 is 27.5 Å². The van der Waals surface area contributed by atoms with Crippen LogP contribution in [-0.4, -0.2) is 63.2 Å². The number of benzene rings is 1. The third kappa shape index (κ3) is 3.87. The van der Waals surface area contributed by atoms with Gasteiger partial charge >= 0.3 is 6.03 Å². The van der Waals surface area contributed by atoms with E-state index in [0.717, 1.165) is 32.5 Å². The second-order valence-electron chi connectivity index (χ2n) is 8.04. The molecule has 12 heteroatoms. The van der Waals surface area contributed by atoms with Crippen molar-refractivity contribution in [3.8, 4) is 5.75 Å². The number of methoxy groups -OCH3 is 1. The number of hydrogen-bond donors (Lipinski definition) is 2. The molecule has 33 heavy (non-hydrogen) atoms. The molecule has 2 heterocycles. The van der Waals surface area contributed by atoms with E-state index in [0.29, 0.717) is 6.42 Å². The molecule has 0 unspecified atom stereocenters. The molecular formula is C21H24N4O6S2. The number of ether oxygens (including phenoxy) is 1. The average Bonchev–Trinajstić information content (AvgIpc) is 3.34. The molecular weight excluding hydrogens is 468 g/mol. The lowest BCUT2D eigenvalue weighted by Gasteiger charge is -2.31. The number of sulfonamides is 1. The Morgan fingerprint density at radius 1 is 1.30 bits per heavy atom. The minimum atomic E-state index is -3.74. The SMILES string of the molecule is COc1ccc(S(=O)(=O)N(C)C)cc1NC(=O)CN1C(=O)N[C@]2(CCCc3sccc32)C1=O. The second kappa shape index (κ2) is 8.43. The Balaban J connectivity index is 1.56. The first-order chi connectivity index (χ1) is 15.6. The molecule has 2 aliphatic rings.